The molecule has 0 spiro atoms. The van der Waals surface area contributed by atoms with E-state index in [4.69, 9.17) is 4.74 Å². The molecule has 1 nitrogen and oxygen atoms in total. The molecule has 1 saturated heterocycles. The van der Waals surface area contributed by atoms with E-state index in [9.17, 15) is 13.2 Å². The molecule has 0 radical (unpaired) electrons. The number of hydrogen-bond donors (Lipinski definition) is 0. The van der Waals surface area contributed by atoms with Crippen LogP contribution in [-0.2, 0) is 10.9 Å². The Hall–Kier alpha value is -1.36. The summed E-state index contributed by atoms with van der Waals surface area (Å²) >= 11 is 0. The van der Waals surface area contributed by atoms with Crippen LogP contribution in [0.4, 0.5) is 17.6 Å². The summed E-state index contributed by atoms with van der Waals surface area (Å²) in [4.78, 5) is 0. The van der Waals surface area contributed by atoms with Crippen molar-refractivity contribution in [3.8, 4) is 0 Å². The van der Waals surface area contributed by atoms with Gasteiger partial charge in [-0.15, -0.1) is 0 Å². The average molecular weight is 441 g/mol. The average Bonchev–Trinajstić information content (AvgIpc) is 2.73. The maximum atomic E-state index is 15.2. The predicted molar refractivity (Wildman–Crippen MR) is 117 cm³/mol. The largest absolute Gasteiger partial charge is 0.419 e. The Morgan fingerprint density at radius 2 is 1.68 bits per heavy atom. The van der Waals surface area contributed by atoms with Gasteiger partial charge in [0, 0.05) is 5.92 Å². The number of benzene rings is 1. The zero-order valence-electron chi connectivity index (χ0n) is 18.8. The van der Waals surface area contributed by atoms with E-state index in [0.29, 0.717) is 12.5 Å². The van der Waals surface area contributed by atoms with Crippen LogP contribution in [0.2, 0.25) is 0 Å². The Kier molecular flexibility index (Phi) is 8.60. The van der Waals surface area contributed by atoms with Gasteiger partial charge in [-0.1, -0.05) is 57.4 Å². The van der Waals surface area contributed by atoms with Gasteiger partial charge in [0.15, 0.2) is 0 Å². The molecule has 2 aliphatic rings. The Labute approximate surface area is 184 Å². The van der Waals surface area contributed by atoms with Crippen molar-refractivity contribution in [1.82, 2.24) is 0 Å². The van der Waals surface area contributed by atoms with Crippen LogP contribution in [0, 0.1) is 17.7 Å². The molecule has 31 heavy (non-hydrogen) atoms. The predicted octanol–water partition coefficient (Wildman–Crippen LogP) is 8.53. The van der Waals surface area contributed by atoms with Crippen LogP contribution >= 0.6 is 0 Å². The lowest BCUT2D eigenvalue weighted by atomic mass is 9.76. The topological polar surface area (TPSA) is 9.23 Å². The van der Waals surface area contributed by atoms with Gasteiger partial charge in [0.05, 0.1) is 18.3 Å². The summed E-state index contributed by atoms with van der Waals surface area (Å²) in [5.41, 5.74) is -0.954. The van der Waals surface area contributed by atoms with Gasteiger partial charge in [0.25, 0.3) is 0 Å². The summed E-state index contributed by atoms with van der Waals surface area (Å²) in [6, 6.07) is 3.04. The molecule has 2 atom stereocenters. The molecule has 0 bridgehead atoms. The fourth-order valence-corrected chi connectivity index (χ4v) is 5.29. The molecule has 0 aromatic heterocycles. The summed E-state index contributed by atoms with van der Waals surface area (Å²) in [5.74, 6) is -0.486. The molecule has 1 aliphatic carbocycles. The van der Waals surface area contributed by atoms with Crippen LogP contribution in [0.5, 0.6) is 0 Å². The lowest BCUT2D eigenvalue weighted by Gasteiger charge is -2.29. The minimum atomic E-state index is -4.71. The van der Waals surface area contributed by atoms with Crippen molar-refractivity contribution in [3.63, 3.8) is 0 Å². The van der Waals surface area contributed by atoms with Crippen molar-refractivity contribution in [2.24, 2.45) is 11.8 Å². The Morgan fingerprint density at radius 3 is 2.26 bits per heavy atom. The van der Waals surface area contributed by atoms with E-state index in [1.807, 2.05) is 0 Å². The zero-order chi connectivity index (χ0) is 22.4. The van der Waals surface area contributed by atoms with Crippen molar-refractivity contribution in [1.29, 1.82) is 0 Å². The molecule has 174 valence electrons. The van der Waals surface area contributed by atoms with Crippen LogP contribution in [0.3, 0.4) is 0 Å². The summed E-state index contributed by atoms with van der Waals surface area (Å²) in [6.07, 6.45) is 8.40. The lowest BCUT2D eigenvalue weighted by Crippen LogP contribution is -2.24. The van der Waals surface area contributed by atoms with Gasteiger partial charge in [0.1, 0.15) is 5.82 Å². The highest BCUT2D eigenvalue weighted by Gasteiger charge is 2.38. The van der Waals surface area contributed by atoms with Gasteiger partial charge >= 0.3 is 6.18 Å². The molecule has 1 aliphatic heterocycles. The quantitative estimate of drug-likeness (QED) is 0.386. The highest BCUT2D eigenvalue weighted by Crippen LogP contribution is 2.43. The van der Waals surface area contributed by atoms with Gasteiger partial charge in [-0.2, -0.15) is 13.2 Å². The van der Waals surface area contributed by atoms with Crippen molar-refractivity contribution < 1.29 is 22.3 Å². The van der Waals surface area contributed by atoms with Crippen LogP contribution in [0.15, 0.2) is 18.2 Å². The molecule has 2 fully saturated rings. The first-order valence-electron chi connectivity index (χ1n) is 12.0. The Bertz CT molecular complexity index is 724. The molecular weight excluding hydrogens is 404 g/mol. The van der Waals surface area contributed by atoms with Crippen molar-refractivity contribution in [2.45, 2.75) is 96.3 Å². The third kappa shape index (κ3) is 6.34. The maximum Gasteiger partial charge on any atom is 0.419 e. The SMILES string of the molecule is CCCC1CCC(c2ccc(/C=C/C3CCC(CCC)OC3)c(C(F)(F)F)c2F)CC1. The summed E-state index contributed by atoms with van der Waals surface area (Å²) in [7, 11) is 0. The van der Waals surface area contributed by atoms with Gasteiger partial charge < -0.3 is 4.74 Å². The first-order chi connectivity index (χ1) is 14.8. The summed E-state index contributed by atoms with van der Waals surface area (Å²) in [5, 5.41) is 0. The fraction of sp³-hybridized carbons (Fsp3) is 0.692. The van der Waals surface area contributed by atoms with Crippen LogP contribution in [-0.4, -0.2) is 12.7 Å². The monoisotopic (exact) mass is 440 g/mol. The summed E-state index contributed by atoms with van der Waals surface area (Å²) in [6.45, 7) is 4.78. The third-order valence-corrected chi connectivity index (χ3v) is 7.04. The molecule has 0 N–H and O–H groups in total. The molecule has 1 aromatic rings. The second-order valence-corrected chi connectivity index (χ2v) is 9.38. The number of halogens is 4. The van der Waals surface area contributed by atoms with Crippen molar-refractivity contribution >= 4 is 6.08 Å². The molecule has 1 saturated carbocycles. The van der Waals surface area contributed by atoms with Crippen LogP contribution < -0.4 is 0 Å². The Morgan fingerprint density at radius 1 is 0.968 bits per heavy atom. The third-order valence-electron chi connectivity index (χ3n) is 7.04. The second kappa shape index (κ2) is 11.0. The molecule has 3 rings (SSSR count). The number of hydrogen-bond acceptors (Lipinski definition) is 1. The minimum absolute atomic E-state index is 0.0748. The Balaban J connectivity index is 1.75. The lowest BCUT2D eigenvalue weighted by molar-refractivity contribution is -0.140. The van der Waals surface area contributed by atoms with Crippen molar-refractivity contribution in [3.05, 3.63) is 40.7 Å². The van der Waals surface area contributed by atoms with Crippen molar-refractivity contribution in [2.75, 3.05) is 6.61 Å². The van der Waals surface area contributed by atoms with E-state index < -0.39 is 17.6 Å². The maximum absolute atomic E-state index is 15.2. The minimum Gasteiger partial charge on any atom is -0.378 e. The van der Waals surface area contributed by atoms with Crippen LogP contribution in [0.1, 0.15) is 101 Å². The van der Waals surface area contributed by atoms with E-state index >= 15 is 4.39 Å². The highest BCUT2D eigenvalue weighted by atomic mass is 19.4. The van der Waals surface area contributed by atoms with Gasteiger partial charge in [-0.05, 0) is 67.9 Å². The smallest absolute Gasteiger partial charge is 0.378 e. The highest BCUT2D eigenvalue weighted by molar-refractivity contribution is 5.57. The fourth-order valence-electron chi connectivity index (χ4n) is 5.29. The van der Waals surface area contributed by atoms with Crippen LogP contribution in [0.25, 0.3) is 6.08 Å². The molecule has 1 heterocycles. The normalized spacial score (nSPS) is 27.7. The van der Waals surface area contributed by atoms with E-state index in [-0.39, 0.29) is 29.1 Å². The van der Waals surface area contributed by atoms with E-state index in [0.717, 1.165) is 64.2 Å². The van der Waals surface area contributed by atoms with E-state index in [2.05, 4.69) is 13.8 Å². The first kappa shape index (κ1) is 24.3. The van der Waals surface area contributed by atoms with Gasteiger partial charge in [-0.25, -0.2) is 4.39 Å². The second-order valence-electron chi connectivity index (χ2n) is 9.38. The molecule has 2 unspecified atom stereocenters. The first-order valence-corrected chi connectivity index (χ1v) is 12.0. The number of rotatable bonds is 7. The zero-order valence-corrected chi connectivity index (χ0v) is 18.8. The molecule has 0 amide bonds. The standard InChI is InChI=1S/C26H36F4O/c1-3-5-18-7-11-20(12-8-18)23-16-14-21(24(25(23)27)26(28,29)30)13-9-19-10-15-22(6-4-2)31-17-19/h9,13-14,16,18-20,22H,3-8,10-12,15,17H2,1-2H3/b13-9+. The molecule has 5 heteroatoms. The molecule has 1 aromatic carbocycles. The van der Waals surface area contributed by atoms with Gasteiger partial charge in [-0.3, -0.25) is 0 Å². The number of ether oxygens (including phenoxy) is 1. The molecular formula is C26H36F4O. The van der Waals surface area contributed by atoms with Gasteiger partial charge in [0.2, 0.25) is 0 Å². The summed E-state index contributed by atoms with van der Waals surface area (Å²) < 4.78 is 62.5. The van der Waals surface area contributed by atoms with E-state index in [1.54, 1.807) is 12.1 Å². The van der Waals surface area contributed by atoms with E-state index in [1.165, 1.54) is 12.1 Å². The number of alkyl halides is 3.